The number of ether oxygens (including phenoxy) is 1. The molecule has 6 heteroatoms. The van der Waals surface area contributed by atoms with E-state index in [4.69, 9.17) is 21.6 Å². The molecule has 20 heavy (non-hydrogen) atoms. The molecule has 0 bridgehead atoms. The predicted octanol–water partition coefficient (Wildman–Crippen LogP) is 3.99. The minimum absolute atomic E-state index is 0.423. The van der Waals surface area contributed by atoms with E-state index in [1.807, 2.05) is 12.1 Å². The second kappa shape index (κ2) is 6.60. The highest BCUT2D eigenvalue weighted by atomic mass is 79.9. The first kappa shape index (κ1) is 14.6. The summed E-state index contributed by atoms with van der Waals surface area (Å²) in [6.07, 6.45) is 1.65. The maximum atomic E-state index is 9.04. The second-order valence-electron chi connectivity index (χ2n) is 4.00. The van der Waals surface area contributed by atoms with E-state index in [1.54, 1.807) is 25.4 Å². The van der Waals surface area contributed by atoms with Crippen LogP contribution in [-0.4, -0.2) is 12.1 Å². The van der Waals surface area contributed by atoms with Gasteiger partial charge in [-0.25, -0.2) is 4.98 Å². The molecule has 1 N–H and O–H groups in total. The van der Waals surface area contributed by atoms with E-state index in [1.165, 1.54) is 0 Å². The molecule has 0 atom stereocenters. The third kappa shape index (κ3) is 3.41. The summed E-state index contributed by atoms with van der Waals surface area (Å²) >= 11 is 9.16. The fraction of sp³-hybridized carbons (Fsp3) is 0.143. The van der Waals surface area contributed by atoms with Gasteiger partial charge in [0.15, 0.2) is 0 Å². The van der Waals surface area contributed by atoms with Crippen molar-refractivity contribution in [2.45, 2.75) is 6.54 Å². The Hall–Kier alpha value is -1.77. The summed E-state index contributed by atoms with van der Waals surface area (Å²) in [5.41, 5.74) is 2.34. The standard InChI is InChI=1S/C14H11BrClN3O/c1-20-13-3-2-9(4-10(13)6-17)7-18-11-5-12(15)14(16)19-8-11/h2-5,8,18H,7H2,1H3. The number of aromatic nitrogens is 1. The fourth-order valence-electron chi connectivity index (χ4n) is 1.67. The van der Waals surface area contributed by atoms with Crippen molar-refractivity contribution in [1.29, 1.82) is 5.26 Å². The van der Waals surface area contributed by atoms with Crippen molar-refractivity contribution in [3.05, 3.63) is 51.2 Å². The smallest absolute Gasteiger partial charge is 0.143 e. The number of methoxy groups -OCH3 is 1. The van der Waals surface area contributed by atoms with E-state index in [-0.39, 0.29) is 0 Å². The first-order valence-electron chi connectivity index (χ1n) is 5.76. The summed E-state index contributed by atoms with van der Waals surface area (Å²) in [4.78, 5) is 4.04. The van der Waals surface area contributed by atoms with Gasteiger partial charge in [0.25, 0.3) is 0 Å². The largest absolute Gasteiger partial charge is 0.495 e. The van der Waals surface area contributed by atoms with Crippen molar-refractivity contribution < 1.29 is 4.74 Å². The Morgan fingerprint density at radius 1 is 1.45 bits per heavy atom. The monoisotopic (exact) mass is 351 g/mol. The van der Waals surface area contributed by atoms with Crippen LogP contribution < -0.4 is 10.1 Å². The lowest BCUT2D eigenvalue weighted by Gasteiger charge is -2.09. The zero-order valence-corrected chi connectivity index (χ0v) is 13.0. The molecule has 0 fully saturated rings. The average molecular weight is 353 g/mol. The molecule has 1 aromatic heterocycles. The van der Waals surface area contributed by atoms with Crippen molar-refractivity contribution in [3.63, 3.8) is 0 Å². The van der Waals surface area contributed by atoms with E-state index in [0.29, 0.717) is 23.0 Å². The summed E-state index contributed by atoms with van der Waals surface area (Å²) in [5, 5.41) is 12.7. The van der Waals surface area contributed by atoms with Crippen LogP contribution >= 0.6 is 27.5 Å². The third-order valence-corrected chi connectivity index (χ3v) is 3.81. The average Bonchev–Trinajstić information content (AvgIpc) is 2.48. The van der Waals surface area contributed by atoms with Crippen LogP contribution in [0.5, 0.6) is 5.75 Å². The van der Waals surface area contributed by atoms with Crippen molar-refractivity contribution in [1.82, 2.24) is 4.98 Å². The molecule has 0 aliphatic carbocycles. The van der Waals surface area contributed by atoms with Crippen molar-refractivity contribution in [3.8, 4) is 11.8 Å². The number of hydrogen-bond donors (Lipinski definition) is 1. The topological polar surface area (TPSA) is 57.9 Å². The van der Waals surface area contributed by atoms with Gasteiger partial charge in [0, 0.05) is 6.54 Å². The van der Waals surface area contributed by atoms with Crippen LogP contribution in [0.4, 0.5) is 5.69 Å². The molecule has 4 nitrogen and oxygen atoms in total. The van der Waals surface area contributed by atoms with Crippen molar-refractivity contribution in [2.75, 3.05) is 12.4 Å². The number of benzene rings is 1. The zero-order valence-electron chi connectivity index (χ0n) is 10.7. The van der Waals surface area contributed by atoms with Crippen LogP contribution in [0, 0.1) is 11.3 Å². The normalized spacial score (nSPS) is 9.90. The summed E-state index contributed by atoms with van der Waals surface area (Å²) in [7, 11) is 1.55. The lowest BCUT2D eigenvalue weighted by atomic mass is 10.1. The number of nitrogens with one attached hydrogen (secondary N) is 1. The summed E-state index contributed by atoms with van der Waals surface area (Å²) in [6.45, 7) is 0.578. The third-order valence-electron chi connectivity index (χ3n) is 2.68. The van der Waals surface area contributed by atoms with Crippen LogP contribution in [-0.2, 0) is 6.54 Å². The van der Waals surface area contributed by atoms with Gasteiger partial charge in [-0.15, -0.1) is 0 Å². The van der Waals surface area contributed by atoms with E-state index in [0.717, 1.165) is 15.7 Å². The number of anilines is 1. The molecule has 0 radical (unpaired) electrons. The van der Waals surface area contributed by atoms with Gasteiger partial charge in [-0.3, -0.25) is 0 Å². The van der Waals surface area contributed by atoms with Crippen LogP contribution in [0.25, 0.3) is 0 Å². The van der Waals surface area contributed by atoms with Gasteiger partial charge >= 0.3 is 0 Å². The number of pyridine rings is 1. The second-order valence-corrected chi connectivity index (χ2v) is 5.21. The van der Waals surface area contributed by atoms with Crippen molar-refractivity contribution in [2.24, 2.45) is 0 Å². The van der Waals surface area contributed by atoms with E-state index in [2.05, 4.69) is 32.3 Å². The number of nitriles is 1. The maximum Gasteiger partial charge on any atom is 0.143 e. The summed E-state index contributed by atoms with van der Waals surface area (Å²) < 4.78 is 5.84. The van der Waals surface area contributed by atoms with Gasteiger partial charge < -0.3 is 10.1 Å². The molecular weight excluding hydrogens is 342 g/mol. The molecule has 102 valence electrons. The van der Waals surface area contributed by atoms with Crippen LogP contribution in [0.3, 0.4) is 0 Å². The number of nitrogens with zero attached hydrogens (tertiary/aromatic N) is 2. The lowest BCUT2D eigenvalue weighted by molar-refractivity contribution is 0.413. The summed E-state index contributed by atoms with van der Waals surface area (Å²) in [6, 6.07) is 9.45. The van der Waals surface area contributed by atoms with E-state index < -0.39 is 0 Å². The Balaban J connectivity index is 2.11. The molecule has 0 aliphatic heterocycles. The molecule has 0 unspecified atom stereocenters. The minimum atomic E-state index is 0.423. The molecular formula is C14H11BrClN3O. The molecule has 2 rings (SSSR count). The predicted molar refractivity (Wildman–Crippen MR) is 82.0 cm³/mol. The highest BCUT2D eigenvalue weighted by Gasteiger charge is 2.04. The Labute approximate surface area is 130 Å². The van der Waals surface area contributed by atoms with Gasteiger partial charge in [0.1, 0.15) is 17.0 Å². The zero-order chi connectivity index (χ0) is 14.5. The fourth-order valence-corrected chi connectivity index (χ4v) is 2.13. The lowest BCUT2D eigenvalue weighted by Crippen LogP contribution is -2.01. The van der Waals surface area contributed by atoms with Crippen LogP contribution in [0.2, 0.25) is 5.15 Å². The Kier molecular flexibility index (Phi) is 4.83. The Morgan fingerprint density at radius 3 is 2.90 bits per heavy atom. The van der Waals surface area contributed by atoms with Crippen LogP contribution in [0.15, 0.2) is 34.9 Å². The Morgan fingerprint density at radius 2 is 2.25 bits per heavy atom. The highest BCUT2D eigenvalue weighted by Crippen LogP contribution is 2.24. The first-order valence-corrected chi connectivity index (χ1v) is 6.93. The highest BCUT2D eigenvalue weighted by molar-refractivity contribution is 9.10. The van der Waals surface area contributed by atoms with Gasteiger partial charge in [-0.05, 0) is 39.7 Å². The molecule has 0 aliphatic rings. The quantitative estimate of drug-likeness (QED) is 0.845. The van der Waals surface area contributed by atoms with Crippen LogP contribution in [0.1, 0.15) is 11.1 Å². The SMILES string of the molecule is COc1ccc(CNc2cnc(Cl)c(Br)c2)cc1C#N. The molecule has 0 saturated carbocycles. The Bertz CT molecular complexity index is 670. The van der Waals surface area contributed by atoms with Crippen molar-refractivity contribution >= 4 is 33.2 Å². The summed E-state index contributed by atoms with van der Waals surface area (Å²) in [5.74, 6) is 0.576. The minimum Gasteiger partial charge on any atom is -0.495 e. The van der Waals surface area contributed by atoms with Gasteiger partial charge in [-0.1, -0.05) is 17.7 Å². The van der Waals surface area contributed by atoms with Gasteiger partial charge in [-0.2, -0.15) is 5.26 Å². The molecule has 0 saturated heterocycles. The van der Waals surface area contributed by atoms with E-state index in [9.17, 15) is 0 Å². The number of halogens is 2. The molecule has 0 spiro atoms. The number of rotatable bonds is 4. The molecule has 0 amide bonds. The van der Waals surface area contributed by atoms with Gasteiger partial charge in [0.2, 0.25) is 0 Å². The number of hydrogen-bond acceptors (Lipinski definition) is 4. The first-order chi connectivity index (χ1) is 9.63. The molecule has 2 aromatic rings. The molecule has 1 aromatic carbocycles. The van der Waals surface area contributed by atoms with Gasteiger partial charge in [0.05, 0.1) is 29.0 Å². The molecule has 1 heterocycles. The van der Waals surface area contributed by atoms with E-state index >= 15 is 0 Å². The maximum absolute atomic E-state index is 9.04.